The average molecular weight is 282 g/mol. The Balaban J connectivity index is 2.69. The molecule has 0 bridgehead atoms. The highest BCUT2D eigenvalue weighted by atomic mass is 32.1. The first-order valence-electron chi connectivity index (χ1n) is 7.20. The Labute approximate surface area is 121 Å². The molecule has 1 rings (SSSR count). The van der Waals surface area contributed by atoms with Crippen molar-refractivity contribution in [2.24, 2.45) is 0 Å². The van der Waals surface area contributed by atoms with E-state index in [1.165, 1.54) is 6.42 Å². The molecule has 0 N–H and O–H groups in total. The molecule has 108 valence electrons. The van der Waals surface area contributed by atoms with Crippen molar-refractivity contribution in [3.63, 3.8) is 0 Å². The Hall–Kier alpha value is -0.740. The molecule has 0 aliphatic heterocycles. The van der Waals surface area contributed by atoms with Gasteiger partial charge >= 0.3 is 0 Å². The largest absolute Gasteiger partial charge is 0.370 e. The highest BCUT2D eigenvalue weighted by Gasteiger charge is 2.23. The topological polar surface area (TPSA) is 23.6 Å². The van der Waals surface area contributed by atoms with Gasteiger partial charge < -0.3 is 9.80 Å². The van der Waals surface area contributed by atoms with Gasteiger partial charge in [0.05, 0.1) is 10.2 Å². The van der Waals surface area contributed by atoms with Crippen LogP contribution in [0.1, 0.15) is 45.6 Å². The lowest BCUT2D eigenvalue weighted by Gasteiger charge is -2.28. The zero-order chi connectivity index (χ0) is 14.6. The maximum atomic E-state index is 11.9. The van der Waals surface area contributed by atoms with Gasteiger partial charge in [-0.15, -0.1) is 0 Å². The summed E-state index contributed by atoms with van der Waals surface area (Å²) in [4.78, 5) is 16.4. The molecule has 0 atom stereocenters. The maximum Gasteiger partial charge on any atom is 0.220 e. The number of rotatable bonds is 8. The molecule has 0 aromatic heterocycles. The number of nitrogens with zero attached hydrogens (tertiary/aromatic N) is 2. The van der Waals surface area contributed by atoms with Crippen molar-refractivity contribution in [2.75, 3.05) is 38.1 Å². The molecular formula is C15H26N2OS. The van der Waals surface area contributed by atoms with Crippen molar-refractivity contribution in [3.05, 3.63) is 20.3 Å². The van der Waals surface area contributed by atoms with Crippen LogP contribution < -0.4 is 10.3 Å². The fourth-order valence-electron chi connectivity index (χ4n) is 2.46. The van der Waals surface area contributed by atoms with E-state index in [4.69, 9.17) is 12.2 Å². The van der Waals surface area contributed by atoms with Gasteiger partial charge in [0.2, 0.25) is 5.43 Å². The second kappa shape index (κ2) is 7.15. The van der Waals surface area contributed by atoms with E-state index >= 15 is 0 Å². The minimum absolute atomic E-state index is 0.0553. The molecule has 0 aliphatic carbocycles. The van der Waals surface area contributed by atoms with Crippen molar-refractivity contribution in [2.45, 2.75) is 40.0 Å². The van der Waals surface area contributed by atoms with Gasteiger partial charge in [-0.2, -0.15) is 0 Å². The Kier molecular flexibility index (Phi) is 6.14. The lowest BCUT2D eigenvalue weighted by molar-refractivity contribution is 0.295. The maximum absolute atomic E-state index is 11.9. The molecule has 0 amide bonds. The molecule has 4 heteroatoms. The molecule has 0 fully saturated rings. The predicted molar refractivity (Wildman–Crippen MR) is 85.7 cm³/mol. The van der Waals surface area contributed by atoms with Crippen LogP contribution in [0, 0.1) is 4.51 Å². The third-order valence-corrected chi connectivity index (χ3v) is 4.02. The minimum atomic E-state index is 0.0553. The lowest BCUT2D eigenvalue weighted by atomic mass is 9.96. The van der Waals surface area contributed by atoms with Gasteiger partial charge in [-0.25, -0.2) is 0 Å². The highest BCUT2D eigenvalue weighted by molar-refractivity contribution is 7.71. The van der Waals surface area contributed by atoms with Gasteiger partial charge in [-0.3, -0.25) is 4.79 Å². The third-order valence-electron chi connectivity index (χ3n) is 3.62. The third kappa shape index (κ3) is 3.63. The van der Waals surface area contributed by atoms with Crippen LogP contribution in [-0.4, -0.2) is 38.1 Å². The van der Waals surface area contributed by atoms with Gasteiger partial charge in [0.15, 0.2) is 0 Å². The fourth-order valence-corrected chi connectivity index (χ4v) is 2.89. The van der Waals surface area contributed by atoms with Crippen LogP contribution in [0.2, 0.25) is 0 Å². The van der Waals surface area contributed by atoms with Crippen molar-refractivity contribution in [1.82, 2.24) is 4.90 Å². The Morgan fingerprint density at radius 2 is 1.79 bits per heavy atom. The second-order valence-corrected chi connectivity index (χ2v) is 5.84. The smallest absolute Gasteiger partial charge is 0.220 e. The first-order valence-corrected chi connectivity index (χ1v) is 7.61. The summed E-state index contributed by atoms with van der Waals surface area (Å²) < 4.78 is 0.540. The molecule has 0 heterocycles. The summed E-state index contributed by atoms with van der Waals surface area (Å²) in [6, 6.07) is 0. The standard InChI is InChI=1S/C15H26N2OS/c1-6-8-17(7-2)10-9-16(5)13-12(11(3)4)15(19)14(13)18/h11H,6-10H2,1-5H3. The summed E-state index contributed by atoms with van der Waals surface area (Å²) in [6.45, 7) is 12.6. The van der Waals surface area contributed by atoms with E-state index in [0.29, 0.717) is 10.4 Å². The van der Waals surface area contributed by atoms with Crippen LogP contribution in [-0.2, 0) is 0 Å². The second-order valence-electron chi connectivity index (χ2n) is 5.43. The first kappa shape index (κ1) is 16.3. The molecule has 0 spiro atoms. The average Bonchev–Trinajstić information content (AvgIpc) is 2.38. The summed E-state index contributed by atoms with van der Waals surface area (Å²) >= 11 is 5.16. The van der Waals surface area contributed by atoms with E-state index in [1.807, 2.05) is 7.05 Å². The lowest BCUT2D eigenvalue weighted by Crippen LogP contribution is -2.37. The quantitative estimate of drug-likeness (QED) is 0.684. The Morgan fingerprint density at radius 3 is 2.26 bits per heavy atom. The molecule has 0 radical (unpaired) electrons. The van der Waals surface area contributed by atoms with Crippen LogP contribution >= 0.6 is 12.2 Å². The molecule has 1 aromatic rings. The summed E-state index contributed by atoms with van der Waals surface area (Å²) in [5, 5.41) is 0. The predicted octanol–water partition coefficient (Wildman–Crippen LogP) is 2.94. The highest BCUT2D eigenvalue weighted by Crippen LogP contribution is 2.27. The number of likely N-dealkylation sites (N-methyl/N-ethyl adjacent to an activating group) is 2. The Bertz CT molecular complexity index is 475. The van der Waals surface area contributed by atoms with Crippen molar-refractivity contribution >= 4 is 17.9 Å². The summed E-state index contributed by atoms with van der Waals surface area (Å²) in [6.07, 6.45) is 1.17. The number of hydrogen-bond donors (Lipinski definition) is 0. The van der Waals surface area contributed by atoms with Crippen molar-refractivity contribution in [1.29, 1.82) is 0 Å². The molecule has 0 saturated carbocycles. The number of anilines is 1. The van der Waals surface area contributed by atoms with Gasteiger partial charge in [-0.1, -0.05) is 39.9 Å². The van der Waals surface area contributed by atoms with E-state index in [1.54, 1.807) is 0 Å². The summed E-state index contributed by atoms with van der Waals surface area (Å²) in [5.74, 6) is 0.334. The van der Waals surface area contributed by atoms with Gasteiger partial charge in [-0.05, 0) is 25.4 Å². The van der Waals surface area contributed by atoms with Gasteiger partial charge in [0.25, 0.3) is 0 Å². The minimum Gasteiger partial charge on any atom is -0.370 e. The molecule has 0 aliphatic rings. The molecule has 3 nitrogen and oxygen atoms in total. The number of hydrogen-bond acceptors (Lipinski definition) is 4. The monoisotopic (exact) mass is 282 g/mol. The van der Waals surface area contributed by atoms with E-state index in [2.05, 4.69) is 37.5 Å². The zero-order valence-electron chi connectivity index (χ0n) is 12.8. The molecule has 19 heavy (non-hydrogen) atoms. The summed E-state index contributed by atoms with van der Waals surface area (Å²) in [5.41, 5.74) is 1.97. The zero-order valence-corrected chi connectivity index (χ0v) is 13.6. The van der Waals surface area contributed by atoms with Gasteiger partial charge in [0, 0.05) is 25.7 Å². The van der Waals surface area contributed by atoms with Crippen molar-refractivity contribution in [3.8, 4) is 0 Å². The van der Waals surface area contributed by atoms with E-state index in [0.717, 1.165) is 37.4 Å². The SMILES string of the molecule is CCCN(CC)CCN(C)c1c(C(C)C)c(=S)c1=O. The molecule has 0 unspecified atom stereocenters. The first-order chi connectivity index (χ1) is 8.93. The van der Waals surface area contributed by atoms with Crippen LogP contribution in [0.15, 0.2) is 4.79 Å². The molecular weight excluding hydrogens is 256 g/mol. The molecule has 0 saturated heterocycles. The van der Waals surface area contributed by atoms with E-state index in [-0.39, 0.29) is 5.43 Å². The van der Waals surface area contributed by atoms with E-state index < -0.39 is 0 Å². The normalized spacial score (nSPS) is 11.7. The van der Waals surface area contributed by atoms with Crippen LogP contribution in [0.3, 0.4) is 0 Å². The fraction of sp³-hybridized carbons (Fsp3) is 0.733. The van der Waals surface area contributed by atoms with Crippen LogP contribution in [0.25, 0.3) is 0 Å². The van der Waals surface area contributed by atoms with Crippen LogP contribution in [0.4, 0.5) is 5.69 Å². The van der Waals surface area contributed by atoms with Crippen LogP contribution in [0.5, 0.6) is 0 Å². The van der Waals surface area contributed by atoms with E-state index in [9.17, 15) is 4.79 Å². The Morgan fingerprint density at radius 1 is 1.16 bits per heavy atom. The molecule has 1 aromatic carbocycles. The van der Waals surface area contributed by atoms with Crippen molar-refractivity contribution < 1.29 is 0 Å². The summed E-state index contributed by atoms with van der Waals surface area (Å²) in [7, 11) is 2.00. The van der Waals surface area contributed by atoms with Gasteiger partial charge in [0.1, 0.15) is 0 Å².